The number of rotatable bonds is 4. The molecule has 4 heteroatoms. The smallest absolute Gasteiger partial charge is 0.167 e. The van der Waals surface area contributed by atoms with Crippen molar-refractivity contribution in [1.29, 1.82) is 0 Å². The van der Waals surface area contributed by atoms with E-state index in [1.165, 1.54) is 5.56 Å². The van der Waals surface area contributed by atoms with Crippen LogP contribution in [0.15, 0.2) is 75.8 Å². The molecule has 0 atom stereocenters. The van der Waals surface area contributed by atoms with Gasteiger partial charge in [-0.05, 0) is 12.5 Å². The monoisotopic (exact) mass is 316 g/mol. The number of hydrogen-bond acceptors (Lipinski definition) is 4. The molecule has 24 heavy (non-hydrogen) atoms. The van der Waals surface area contributed by atoms with Crippen molar-refractivity contribution < 1.29 is 9.05 Å². The highest BCUT2D eigenvalue weighted by atomic mass is 16.5. The second-order valence-corrected chi connectivity index (χ2v) is 5.75. The van der Waals surface area contributed by atoms with Crippen molar-refractivity contribution in [2.75, 3.05) is 0 Å². The van der Waals surface area contributed by atoms with Gasteiger partial charge in [0.25, 0.3) is 0 Å². The van der Waals surface area contributed by atoms with Gasteiger partial charge in [0.05, 0.1) is 5.69 Å². The maximum atomic E-state index is 5.45. The third-order valence-electron chi connectivity index (χ3n) is 3.88. The molecule has 0 unspecified atom stereocenters. The van der Waals surface area contributed by atoms with Crippen LogP contribution in [-0.4, -0.2) is 10.3 Å². The van der Waals surface area contributed by atoms with E-state index in [0.29, 0.717) is 0 Å². The Kier molecular flexibility index (Phi) is 3.71. The maximum absolute atomic E-state index is 5.45. The minimum atomic E-state index is 0.731. The molecule has 4 aromatic rings. The Labute approximate surface area is 139 Å². The summed E-state index contributed by atoms with van der Waals surface area (Å²) in [5.74, 6) is 1.60. The van der Waals surface area contributed by atoms with E-state index in [1.807, 2.05) is 61.5 Å². The van der Waals surface area contributed by atoms with Gasteiger partial charge < -0.3 is 9.05 Å². The van der Waals surface area contributed by atoms with Crippen molar-refractivity contribution in [2.24, 2.45) is 0 Å². The van der Waals surface area contributed by atoms with E-state index in [-0.39, 0.29) is 0 Å². The Hall–Kier alpha value is -3.14. The Morgan fingerprint density at radius 2 is 1.58 bits per heavy atom. The quantitative estimate of drug-likeness (QED) is 0.537. The molecule has 4 nitrogen and oxygen atoms in total. The Morgan fingerprint density at radius 1 is 0.792 bits per heavy atom. The van der Waals surface area contributed by atoms with E-state index in [0.717, 1.165) is 40.5 Å². The van der Waals surface area contributed by atoms with Crippen LogP contribution < -0.4 is 0 Å². The lowest BCUT2D eigenvalue weighted by Crippen LogP contribution is -1.88. The van der Waals surface area contributed by atoms with Gasteiger partial charge in [0.1, 0.15) is 11.5 Å². The average Bonchev–Trinajstić information content (AvgIpc) is 3.26. The zero-order valence-electron chi connectivity index (χ0n) is 13.3. The van der Waals surface area contributed by atoms with Crippen LogP contribution >= 0.6 is 0 Å². The molecule has 0 saturated carbocycles. The van der Waals surface area contributed by atoms with Crippen LogP contribution in [0.5, 0.6) is 0 Å². The molecule has 2 aromatic carbocycles. The highest BCUT2D eigenvalue weighted by Gasteiger charge is 2.08. The molecule has 0 saturated heterocycles. The minimum Gasteiger partial charge on any atom is -0.361 e. The molecule has 0 bridgehead atoms. The van der Waals surface area contributed by atoms with Crippen molar-refractivity contribution in [2.45, 2.75) is 13.3 Å². The molecule has 0 aliphatic carbocycles. The largest absolute Gasteiger partial charge is 0.361 e. The Balaban J connectivity index is 1.51. The summed E-state index contributed by atoms with van der Waals surface area (Å²) < 4.78 is 10.6. The Morgan fingerprint density at radius 3 is 2.29 bits per heavy atom. The summed E-state index contributed by atoms with van der Waals surface area (Å²) in [5.41, 5.74) is 5.02. The molecule has 0 aliphatic heterocycles. The van der Waals surface area contributed by atoms with Crippen LogP contribution in [0.25, 0.3) is 22.6 Å². The van der Waals surface area contributed by atoms with E-state index in [4.69, 9.17) is 9.05 Å². The van der Waals surface area contributed by atoms with Crippen LogP contribution in [0.1, 0.15) is 17.0 Å². The third-order valence-corrected chi connectivity index (χ3v) is 3.88. The number of benzene rings is 2. The van der Waals surface area contributed by atoms with Crippen LogP contribution in [0.4, 0.5) is 0 Å². The molecule has 2 aromatic heterocycles. The molecular formula is C20H16N2O2. The number of hydrogen-bond donors (Lipinski definition) is 0. The van der Waals surface area contributed by atoms with Gasteiger partial charge in [-0.3, -0.25) is 0 Å². The number of aromatic nitrogens is 2. The van der Waals surface area contributed by atoms with Crippen molar-refractivity contribution in [3.8, 4) is 22.6 Å². The van der Waals surface area contributed by atoms with E-state index in [1.54, 1.807) is 0 Å². The molecule has 0 amide bonds. The van der Waals surface area contributed by atoms with Gasteiger partial charge in [-0.1, -0.05) is 64.9 Å². The second kappa shape index (κ2) is 6.16. The first-order valence-electron chi connectivity index (χ1n) is 7.81. The van der Waals surface area contributed by atoms with E-state index >= 15 is 0 Å². The lowest BCUT2D eigenvalue weighted by Gasteiger charge is -1.99. The normalized spacial score (nSPS) is 10.9. The van der Waals surface area contributed by atoms with Crippen molar-refractivity contribution in [1.82, 2.24) is 10.3 Å². The van der Waals surface area contributed by atoms with Gasteiger partial charge in [0.2, 0.25) is 0 Å². The fourth-order valence-electron chi connectivity index (χ4n) is 2.64. The first kappa shape index (κ1) is 14.5. The fraction of sp³-hybridized carbons (Fsp3) is 0.100. The van der Waals surface area contributed by atoms with E-state index < -0.39 is 0 Å². The molecule has 0 radical (unpaired) electrons. The third kappa shape index (κ3) is 2.99. The molecule has 118 valence electrons. The van der Waals surface area contributed by atoms with Crippen LogP contribution in [-0.2, 0) is 6.42 Å². The predicted molar refractivity (Wildman–Crippen MR) is 91.4 cm³/mol. The van der Waals surface area contributed by atoms with Gasteiger partial charge in [-0.15, -0.1) is 0 Å². The van der Waals surface area contributed by atoms with Gasteiger partial charge in [0, 0.05) is 29.7 Å². The average molecular weight is 316 g/mol. The topological polar surface area (TPSA) is 52.1 Å². The maximum Gasteiger partial charge on any atom is 0.167 e. The number of nitrogens with zero attached hydrogens (tertiary/aromatic N) is 2. The first-order chi connectivity index (χ1) is 11.8. The summed E-state index contributed by atoms with van der Waals surface area (Å²) in [7, 11) is 0. The molecule has 2 heterocycles. The lowest BCUT2D eigenvalue weighted by molar-refractivity contribution is 0.399. The molecule has 0 spiro atoms. The summed E-state index contributed by atoms with van der Waals surface area (Å²) in [5, 5.41) is 8.20. The highest BCUT2D eigenvalue weighted by molar-refractivity contribution is 5.59. The summed E-state index contributed by atoms with van der Waals surface area (Å²) in [6.07, 6.45) is 0.731. The summed E-state index contributed by atoms with van der Waals surface area (Å²) in [6.45, 7) is 1.89. The zero-order valence-corrected chi connectivity index (χ0v) is 13.3. The summed E-state index contributed by atoms with van der Waals surface area (Å²) in [4.78, 5) is 0. The second-order valence-electron chi connectivity index (χ2n) is 5.75. The van der Waals surface area contributed by atoms with Crippen molar-refractivity contribution in [3.05, 3.63) is 83.7 Å². The van der Waals surface area contributed by atoms with Gasteiger partial charge in [-0.2, -0.15) is 0 Å². The van der Waals surface area contributed by atoms with Crippen LogP contribution in [0.2, 0.25) is 0 Å². The van der Waals surface area contributed by atoms with Gasteiger partial charge >= 0.3 is 0 Å². The van der Waals surface area contributed by atoms with Gasteiger partial charge in [-0.25, -0.2) is 0 Å². The Bertz CT molecular complexity index is 937. The van der Waals surface area contributed by atoms with E-state index in [9.17, 15) is 0 Å². The molecule has 0 fully saturated rings. The minimum absolute atomic E-state index is 0.731. The van der Waals surface area contributed by atoms with Gasteiger partial charge in [0.15, 0.2) is 5.76 Å². The molecular weight excluding hydrogens is 300 g/mol. The molecule has 0 aliphatic rings. The van der Waals surface area contributed by atoms with Crippen molar-refractivity contribution >= 4 is 0 Å². The van der Waals surface area contributed by atoms with Crippen LogP contribution in [0, 0.1) is 6.92 Å². The van der Waals surface area contributed by atoms with Crippen LogP contribution in [0.3, 0.4) is 0 Å². The lowest BCUT2D eigenvalue weighted by atomic mass is 10.0. The summed E-state index contributed by atoms with van der Waals surface area (Å²) >= 11 is 0. The van der Waals surface area contributed by atoms with Crippen molar-refractivity contribution in [3.63, 3.8) is 0 Å². The number of aryl methyl sites for hydroxylation is 1. The fourth-order valence-corrected chi connectivity index (χ4v) is 2.64. The SMILES string of the molecule is Cc1cc(-c2ccc(Cc3cc(-c4ccccc4)on3)cc2)no1. The first-order valence-corrected chi connectivity index (χ1v) is 7.81. The molecule has 0 N–H and O–H groups in total. The molecule has 4 rings (SSSR count). The predicted octanol–water partition coefficient (Wildman–Crippen LogP) is 4.90. The standard InChI is InChI=1S/C20H16N2O2/c1-14-11-19(22-23-14)16-9-7-15(8-10-16)12-18-13-20(24-21-18)17-5-3-2-4-6-17/h2-11,13H,12H2,1H3. The summed E-state index contributed by atoms with van der Waals surface area (Å²) in [6, 6.07) is 22.2. The zero-order chi connectivity index (χ0) is 16.4. The van der Waals surface area contributed by atoms with E-state index in [2.05, 4.69) is 22.4 Å². The highest BCUT2D eigenvalue weighted by Crippen LogP contribution is 2.23.